The molecule has 1 amide bonds. The van der Waals surface area contributed by atoms with Crippen molar-refractivity contribution in [2.24, 2.45) is 0 Å². The van der Waals surface area contributed by atoms with E-state index in [1.54, 1.807) is 32.2 Å². The number of nitrogens with zero attached hydrogens (tertiary/aromatic N) is 2. The fraction of sp³-hybridized carbons (Fsp3) is 0.238. The number of fused-ring (bicyclic) bond motifs is 1. The molecule has 0 spiro atoms. The van der Waals surface area contributed by atoms with Gasteiger partial charge in [-0.15, -0.1) is 6.42 Å². The van der Waals surface area contributed by atoms with Gasteiger partial charge in [0.15, 0.2) is 0 Å². The minimum absolute atomic E-state index is 0.0513. The summed E-state index contributed by atoms with van der Waals surface area (Å²) >= 11 is 0. The molecular weight excluding hydrogens is 340 g/mol. The molecule has 2 heterocycles. The van der Waals surface area contributed by atoms with Crippen molar-refractivity contribution in [3.8, 4) is 12.3 Å². The molecule has 0 unspecified atom stereocenters. The zero-order valence-corrected chi connectivity index (χ0v) is 15.2. The van der Waals surface area contributed by atoms with Crippen LogP contribution in [0.25, 0.3) is 10.9 Å². The number of pyridine rings is 1. The number of aromatic amines is 1. The van der Waals surface area contributed by atoms with Crippen molar-refractivity contribution in [1.29, 1.82) is 0 Å². The fourth-order valence-corrected chi connectivity index (χ4v) is 2.70. The van der Waals surface area contributed by atoms with Gasteiger partial charge in [0, 0.05) is 24.4 Å². The van der Waals surface area contributed by atoms with E-state index in [-0.39, 0.29) is 23.8 Å². The zero-order valence-electron chi connectivity index (χ0n) is 15.2. The van der Waals surface area contributed by atoms with Gasteiger partial charge in [0.2, 0.25) is 0 Å². The van der Waals surface area contributed by atoms with E-state index in [4.69, 9.17) is 6.42 Å². The third-order valence-corrected chi connectivity index (χ3v) is 4.15. The molecule has 2 aromatic heterocycles. The number of terminal acetylenes is 1. The van der Waals surface area contributed by atoms with Crippen LogP contribution in [0.4, 0.5) is 0 Å². The Labute approximate surface area is 157 Å². The van der Waals surface area contributed by atoms with Crippen LogP contribution < -0.4 is 5.32 Å². The molecule has 0 aliphatic carbocycles. The molecule has 0 aliphatic rings. The third kappa shape index (κ3) is 4.59. The number of carbonyl (C=O) groups excluding carboxylic acids is 2. The second-order valence-corrected chi connectivity index (χ2v) is 6.96. The van der Waals surface area contributed by atoms with Crippen molar-refractivity contribution < 1.29 is 9.59 Å². The van der Waals surface area contributed by atoms with Crippen LogP contribution in [0.5, 0.6) is 0 Å². The second-order valence-electron chi connectivity index (χ2n) is 6.96. The van der Waals surface area contributed by atoms with Crippen molar-refractivity contribution in [2.45, 2.75) is 32.2 Å². The summed E-state index contributed by atoms with van der Waals surface area (Å²) in [5.41, 5.74) is 2.03. The first-order chi connectivity index (χ1) is 12.9. The summed E-state index contributed by atoms with van der Waals surface area (Å²) in [5.74, 6) is 2.19. The molecule has 0 fully saturated rings. The summed E-state index contributed by atoms with van der Waals surface area (Å²) in [5, 5.41) is 10.6. The van der Waals surface area contributed by atoms with Gasteiger partial charge < -0.3 is 5.32 Å². The molecule has 0 atom stereocenters. The Kier molecular flexibility index (Phi) is 5.04. The number of carbonyl (C=O) groups is 2. The van der Waals surface area contributed by atoms with E-state index < -0.39 is 5.54 Å². The number of ketones is 1. The lowest BCUT2D eigenvalue weighted by Crippen LogP contribution is -2.42. The van der Waals surface area contributed by atoms with Crippen LogP contribution in [-0.2, 0) is 17.6 Å². The van der Waals surface area contributed by atoms with E-state index in [0.29, 0.717) is 6.42 Å². The molecule has 0 saturated carbocycles. The predicted octanol–water partition coefficient (Wildman–Crippen LogP) is 2.45. The Bertz CT molecular complexity index is 1040. The Morgan fingerprint density at radius 2 is 1.93 bits per heavy atom. The van der Waals surface area contributed by atoms with Crippen molar-refractivity contribution in [3.05, 3.63) is 59.5 Å². The maximum atomic E-state index is 12.4. The van der Waals surface area contributed by atoms with Crippen molar-refractivity contribution >= 4 is 22.6 Å². The van der Waals surface area contributed by atoms with Gasteiger partial charge in [-0.2, -0.15) is 5.10 Å². The summed E-state index contributed by atoms with van der Waals surface area (Å²) < 4.78 is 0. The Morgan fingerprint density at radius 1 is 1.19 bits per heavy atom. The number of hydrogen-bond donors (Lipinski definition) is 2. The van der Waals surface area contributed by atoms with Crippen LogP contribution >= 0.6 is 0 Å². The number of rotatable bonds is 6. The number of aromatic nitrogens is 3. The van der Waals surface area contributed by atoms with Crippen LogP contribution in [0.3, 0.4) is 0 Å². The topological polar surface area (TPSA) is 87.7 Å². The second kappa shape index (κ2) is 7.42. The first-order valence-electron chi connectivity index (χ1n) is 8.55. The van der Waals surface area contributed by atoms with Crippen LogP contribution in [0.1, 0.15) is 35.5 Å². The SMILES string of the molecule is C#CC(C)(C)NC(=O)c1cc(CC(=O)Cc2ccc3cn[nH]c3c2)ccn1. The molecule has 3 aromatic rings. The molecule has 27 heavy (non-hydrogen) atoms. The van der Waals surface area contributed by atoms with Gasteiger partial charge in [0.25, 0.3) is 5.91 Å². The molecule has 6 nitrogen and oxygen atoms in total. The third-order valence-electron chi connectivity index (χ3n) is 4.15. The summed E-state index contributed by atoms with van der Waals surface area (Å²) in [6.07, 6.45) is 9.19. The van der Waals surface area contributed by atoms with E-state index in [0.717, 1.165) is 22.0 Å². The van der Waals surface area contributed by atoms with Gasteiger partial charge in [-0.05, 0) is 43.2 Å². The maximum absolute atomic E-state index is 12.4. The van der Waals surface area contributed by atoms with Gasteiger partial charge in [-0.1, -0.05) is 18.1 Å². The van der Waals surface area contributed by atoms with Gasteiger partial charge in [0.1, 0.15) is 11.5 Å². The lowest BCUT2D eigenvalue weighted by Gasteiger charge is -2.19. The first-order valence-corrected chi connectivity index (χ1v) is 8.55. The minimum Gasteiger partial charge on any atom is -0.335 e. The molecule has 0 bridgehead atoms. The molecule has 1 aromatic carbocycles. The van der Waals surface area contributed by atoms with Crippen LogP contribution in [0.2, 0.25) is 0 Å². The highest BCUT2D eigenvalue weighted by Gasteiger charge is 2.19. The number of H-pyrrole nitrogens is 1. The maximum Gasteiger partial charge on any atom is 0.271 e. The number of amides is 1. The first kappa shape index (κ1) is 18.3. The number of Topliss-reactive ketones (excluding diaryl/α,β-unsaturated/α-hetero) is 1. The van der Waals surface area contributed by atoms with Crippen LogP contribution in [0, 0.1) is 12.3 Å². The molecule has 3 rings (SSSR count). The molecule has 6 heteroatoms. The largest absolute Gasteiger partial charge is 0.335 e. The monoisotopic (exact) mass is 360 g/mol. The average Bonchev–Trinajstić information content (AvgIpc) is 3.09. The Balaban J connectivity index is 1.67. The number of hydrogen-bond acceptors (Lipinski definition) is 4. The van der Waals surface area contributed by atoms with Gasteiger partial charge >= 0.3 is 0 Å². The van der Waals surface area contributed by atoms with Crippen molar-refractivity contribution in [3.63, 3.8) is 0 Å². The molecule has 0 radical (unpaired) electrons. The zero-order chi connectivity index (χ0) is 19.4. The molecular formula is C21H20N4O2. The quantitative estimate of drug-likeness (QED) is 0.661. The lowest BCUT2D eigenvalue weighted by molar-refractivity contribution is -0.117. The summed E-state index contributed by atoms with van der Waals surface area (Å²) in [4.78, 5) is 28.8. The van der Waals surface area contributed by atoms with Gasteiger partial charge in [-0.3, -0.25) is 19.7 Å². The van der Waals surface area contributed by atoms with Crippen molar-refractivity contribution in [2.75, 3.05) is 0 Å². The summed E-state index contributed by atoms with van der Waals surface area (Å²) in [7, 11) is 0. The number of benzene rings is 1. The average molecular weight is 360 g/mol. The normalized spacial score (nSPS) is 11.1. The minimum atomic E-state index is -0.768. The highest BCUT2D eigenvalue weighted by Crippen LogP contribution is 2.14. The fourth-order valence-electron chi connectivity index (χ4n) is 2.70. The van der Waals surface area contributed by atoms with E-state index in [1.165, 1.54) is 6.20 Å². The number of nitrogens with one attached hydrogen (secondary N) is 2. The highest BCUT2D eigenvalue weighted by atomic mass is 16.2. The summed E-state index contributed by atoms with van der Waals surface area (Å²) in [6, 6.07) is 9.14. The smallest absolute Gasteiger partial charge is 0.271 e. The van der Waals surface area contributed by atoms with Crippen molar-refractivity contribution in [1.82, 2.24) is 20.5 Å². The van der Waals surface area contributed by atoms with E-state index in [2.05, 4.69) is 26.4 Å². The molecule has 136 valence electrons. The van der Waals surface area contributed by atoms with E-state index >= 15 is 0 Å². The van der Waals surface area contributed by atoms with Gasteiger partial charge in [-0.25, -0.2) is 0 Å². The molecule has 2 N–H and O–H groups in total. The highest BCUT2D eigenvalue weighted by molar-refractivity contribution is 5.93. The Morgan fingerprint density at radius 3 is 2.67 bits per heavy atom. The standard InChI is InChI=1S/C21H20N4O2/c1-4-21(2,3)24-20(27)19-12-15(7-8-22-19)10-17(26)9-14-5-6-16-13-23-25-18(16)11-14/h1,5-8,11-13H,9-10H2,2-3H3,(H,23,25)(H,24,27). The van der Waals surface area contributed by atoms with Crippen LogP contribution in [-0.4, -0.2) is 32.4 Å². The van der Waals surface area contributed by atoms with E-state index in [9.17, 15) is 9.59 Å². The lowest BCUT2D eigenvalue weighted by atomic mass is 10.0. The molecule has 0 aliphatic heterocycles. The van der Waals surface area contributed by atoms with E-state index in [1.807, 2.05) is 18.2 Å². The van der Waals surface area contributed by atoms with Crippen LogP contribution in [0.15, 0.2) is 42.7 Å². The Hall–Kier alpha value is -3.46. The molecule has 0 saturated heterocycles. The summed E-state index contributed by atoms with van der Waals surface area (Å²) in [6.45, 7) is 3.46. The predicted molar refractivity (Wildman–Crippen MR) is 103 cm³/mol. The van der Waals surface area contributed by atoms with Gasteiger partial charge in [0.05, 0.1) is 17.3 Å².